The van der Waals surface area contributed by atoms with E-state index in [1.165, 1.54) is 6.07 Å². The maximum atomic E-state index is 14.7. The van der Waals surface area contributed by atoms with Crippen molar-refractivity contribution in [3.63, 3.8) is 0 Å². The van der Waals surface area contributed by atoms with Gasteiger partial charge in [-0.15, -0.1) is 0 Å². The average molecular weight is 364 g/mol. The molecule has 2 atom stereocenters. The predicted molar refractivity (Wildman–Crippen MR) is 94.0 cm³/mol. The van der Waals surface area contributed by atoms with Crippen LogP contribution in [0.1, 0.15) is 43.7 Å². The van der Waals surface area contributed by atoms with Crippen LogP contribution in [-0.4, -0.2) is 28.5 Å². The molecule has 0 saturated heterocycles. The monoisotopic (exact) mass is 363 g/mol. The lowest BCUT2D eigenvalue weighted by atomic mass is 9.76. The van der Waals surface area contributed by atoms with Gasteiger partial charge in [-0.3, -0.25) is 9.89 Å². The second-order valence-corrected chi connectivity index (χ2v) is 6.28. The summed E-state index contributed by atoms with van der Waals surface area (Å²) in [4.78, 5) is 17.3. The summed E-state index contributed by atoms with van der Waals surface area (Å²) in [7, 11) is 0. The number of carbonyl (C=O) groups excluding carboxylic acids is 1. The van der Waals surface area contributed by atoms with E-state index in [1.807, 2.05) is 6.92 Å². The number of H-pyrrole nitrogens is 1. The summed E-state index contributed by atoms with van der Waals surface area (Å²) in [5.41, 5.74) is 1.57. The molecule has 0 bridgehead atoms. The number of benzene rings is 1. The zero-order chi connectivity index (χ0) is 18.0. The van der Waals surface area contributed by atoms with E-state index < -0.39 is 23.6 Å². The fourth-order valence-electron chi connectivity index (χ4n) is 3.29. The number of aromatic amines is 1. The summed E-state index contributed by atoms with van der Waals surface area (Å²) in [6.07, 6.45) is 2.97. The molecule has 0 amide bonds. The van der Waals surface area contributed by atoms with Gasteiger partial charge in [0, 0.05) is 27.8 Å². The first-order valence-corrected chi connectivity index (χ1v) is 8.67. The minimum absolute atomic E-state index is 0.241. The number of halogens is 2. The van der Waals surface area contributed by atoms with Crippen molar-refractivity contribution >= 4 is 29.1 Å². The first-order chi connectivity index (χ1) is 12.1. The van der Waals surface area contributed by atoms with Crippen LogP contribution < -0.4 is 0 Å². The fourth-order valence-corrected chi connectivity index (χ4v) is 3.57. The van der Waals surface area contributed by atoms with Crippen molar-refractivity contribution < 1.29 is 13.9 Å². The van der Waals surface area contributed by atoms with Crippen LogP contribution in [0, 0.1) is 11.7 Å². The Kier molecular flexibility index (Phi) is 5.18. The van der Waals surface area contributed by atoms with Crippen LogP contribution in [0.2, 0.25) is 5.02 Å². The minimum atomic E-state index is -0.723. The van der Waals surface area contributed by atoms with Crippen LogP contribution in [0.3, 0.4) is 0 Å². The molecule has 0 fully saturated rings. The van der Waals surface area contributed by atoms with Crippen molar-refractivity contribution in [2.45, 2.75) is 32.6 Å². The Morgan fingerprint density at radius 3 is 2.88 bits per heavy atom. The number of aromatic nitrogens is 2. The lowest BCUT2D eigenvalue weighted by molar-refractivity contribution is -0.146. The number of esters is 1. The van der Waals surface area contributed by atoms with Crippen LogP contribution in [0.25, 0.3) is 0 Å². The van der Waals surface area contributed by atoms with Gasteiger partial charge in [-0.25, -0.2) is 9.38 Å². The van der Waals surface area contributed by atoms with E-state index in [9.17, 15) is 9.18 Å². The van der Waals surface area contributed by atoms with Gasteiger partial charge in [0.2, 0.25) is 0 Å². The van der Waals surface area contributed by atoms with Gasteiger partial charge in [-0.05, 0) is 25.5 Å². The lowest BCUT2D eigenvalue weighted by Crippen LogP contribution is -2.35. The molecule has 2 unspecified atom stereocenters. The fraction of sp³-hybridized carbons (Fsp3) is 0.389. The number of nitrogens with one attached hydrogen (secondary N) is 1. The summed E-state index contributed by atoms with van der Waals surface area (Å²) in [6, 6.07) is 4.50. The third-order valence-corrected chi connectivity index (χ3v) is 4.62. The van der Waals surface area contributed by atoms with Gasteiger partial charge < -0.3 is 4.74 Å². The zero-order valence-corrected chi connectivity index (χ0v) is 14.8. The van der Waals surface area contributed by atoms with Crippen molar-refractivity contribution in [2.75, 3.05) is 6.61 Å². The number of rotatable bonds is 5. The molecule has 3 rings (SSSR count). The predicted octanol–water partition coefficient (Wildman–Crippen LogP) is 4.40. The lowest BCUT2D eigenvalue weighted by Gasteiger charge is -2.31. The standard InChI is InChI=1S/C18H19ClFN3O2/c1-3-6-13-16(18(24)25-4-2)14(10-9-21-23-17(10)22-13)15-11(19)7-5-8-12(15)20/h5,7-9,14,16H,3-4,6H2,1-2H3,(H,21,23). The molecule has 2 heterocycles. The number of nitrogens with zero attached hydrogens (tertiary/aromatic N) is 2. The van der Waals surface area contributed by atoms with Gasteiger partial charge in [0.25, 0.3) is 0 Å². The first kappa shape index (κ1) is 17.6. The Balaban J connectivity index is 2.21. The van der Waals surface area contributed by atoms with Crippen LogP contribution in [-0.2, 0) is 9.53 Å². The molecule has 0 radical (unpaired) electrons. The molecule has 7 heteroatoms. The molecule has 132 valence electrons. The zero-order valence-electron chi connectivity index (χ0n) is 14.1. The smallest absolute Gasteiger partial charge is 0.315 e. The number of aliphatic imine (C=N–C) groups is 1. The number of hydrogen-bond acceptors (Lipinski definition) is 4. The molecular formula is C18H19ClFN3O2. The van der Waals surface area contributed by atoms with Gasteiger partial charge in [0.15, 0.2) is 5.82 Å². The van der Waals surface area contributed by atoms with Crippen molar-refractivity contribution in [1.82, 2.24) is 10.2 Å². The summed E-state index contributed by atoms with van der Waals surface area (Å²) in [6.45, 7) is 3.98. The first-order valence-electron chi connectivity index (χ1n) is 8.29. The van der Waals surface area contributed by atoms with E-state index in [2.05, 4.69) is 15.2 Å². The van der Waals surface area contributed by atoms with Crippen LogP contribution in [0.5, 0.6) is 0 Å². The van der Waals surface area contributed by atoms with Crippen molar-refractivity contribution in [3.05, 3.63) is 46.4 Å². The SMILES string of the molecule is CCCC1=Nc2[nH]ncc2C(c2c(F)cccc2Cl)C1C(=O)OCC. The highest BCUT2D eigenvalue weighted by molar-refractivity contribution is 6.31. The number of hydrogen-bond donors (Lipinski definition) is 1. The van der Waals surface area contributed by atoms with E-state index in [0.29, 0.717) is 23.5 Å². The van der Waals surface area contributed by atoms with Gasteiger partial charge >= 0.3 is 5.97 Å². The molecule has 25 heavy (non-hydrogen) atoms. The number of carbonyl (C=O) groups is 1. The maximum Gasteiger partial charge on any atom is 0.315 e. The number of fused-ring (bicyclic) bond motifs is 1. The Bertz CT molecular complexity index is 798. The van der Waals surface area contributed by atoms with Gasteiger partial charge in [-0.1, -0.05) is 31.0 Å². The molecule has 1 aliphatic rings. The third kappa shape index (κ3) is 3.18. The van der Waals surface area contributed by atoms with Crippen molar-refractivity contribution in [1.29, 1.82) is 0 Å². The van der Waals surface area contributed by atoms with Gasteiger partial charge in [0.05, 0.1) is 12.8 Å². The Labute approximate surface area is 150 Å². The normalized spacial score (nSPS) is 19.3. The average Bonchev–Trinajstić information content (AvgIpc) is 3.03. The molecule has 1 N–H and O–H groups in total. The van der Waals surface area contributed by atoms with Crippen molar-refractivity contribution in [3.8, 4) is 0 Å². The van der Waals surface area contributed by atoms with Gasteiger partial charge in [-0.2, -0.15) is 5.10 Å². The Morgan fingerprint density at radius 1 is 1.40 bits per heavy atom. The Hall–Kier alpha value is -2.21. The molecule has 1 aliphatic heterocycles. The molecule has 5 nitrogen and oxygen atoms in total. The van der Waals surface area contributed by atoms with E-state index in [1.54, 1.807) is 25.3 Å². The highest BCUT2D eigenvalue weighted by Crippen LogP contribution is 2.45. The minimum Gasteiger partial charge on any atom is -0.465 e. The second kappa shape index (κ2) is 7.35. The molecule has 2 aromatic rings. The van der Waals surface area contributed by atoms with E-state index in [-0.39, 0.29) is 17.2 Å². The van der Waals surface area contributed by atoms with Crippen LogP contribution in [0.4, 0.5) is 10.2 Å². The molecule has 1 aromatic heterocycles. The topological polar surface area (TPSA) is 67.3 Å². The van der Waals surface area contributed by atoms with E-state index in [0.717, 1.165) is 6.42 Å². The summed E-state index contributed by atoms with van der Waals surface area (Å²) in [5.74, 6) is -1.70. The largest absolute Gasteiger partial charge is 0.465 e. The maximum absolute atomic E-state index is 14.7. The van der Waals surface area contributed by atoms with Gasteiger partial charge in [0.1, 0.15) is 11.7 Å². The Morgan fingerprint density at radius 2 is 2.20 bits per heavy atom. The molecule has 0 saturated carbocycles. The highest BCUT2D eigenvalue weighted by Gasteiger charge is 2.42. The van der Waals surface area contributed by atoms with Crippen LogP contribution >= 0.6 is 11.6 Å². The molecule has 1 aromatic carbocycles. The number of ether oxygens (including phenoxy) is 1. The molecular weight excluding hydrogens is 345 g/mol. The van der Waals surface area contributed by atoms with Crippen LogP contribution in [0.15, 0.2) is 29.4 Å². The summed E-state index contributed by atoms with van der Waals surface area (Å²) < 4.78 is 19.9. The van der Waals surface area contributed by atoms with E-state index in [4.69, 9.17) is 16.3 Å². The quantitative estimate of drug-likeness (QED) is 0.800. The molecule has 0 spiro atoms. The second-order valence-electron chi connectivity index (χ2n) is 5.87. The molecule has 0 aliphatic carbocycles. The van der Waals surface area contributed by atoms with E-state index >= 15 is 0 Å². The summed E-state index contributed by atoms with van der Waals surface area (Å²) >= 11 is 6.31. The highest BCUT2D eigenvalue weighted by atomic mass is 35.5. The van der Waals surface area contributed by atoms with Crippen molar-refractivity contribution in [2.24, 2.45) is 10.9 Å². The summed E-state index contributed by atoms with van der Waals surface area (Å²) in [5, 5.41) is 7.11. The third-order valence-electron chi connectivity index (χ3n) is 4.29.